The number of hydrogen-bond donors (Lipinski definition) is 2. The van der Waals surface area contributed by atoms with E-state index >= 15 is 0 Å². The Morgan fingerprint density at radius 1 is 0.809 bits per heavy atom. The van der Waals surface area contributed by atoms with Gasteiger partial charge in [0, 0.05) is 120 Å². The first-order valence-electron chi connectivity index (χ1n) is 24.3. The quantitative estimate of drug-likeness (QED) is 0.0830. The molecule has 0 spiro atoms. The highest BCUT2D eigenvalue weighted by molar-refractivity contribution is 6.05. The third-order valence-corrected chi connectivity index (χ3v) is 14.2. The van der Waals surface area contributed by atoms with Crippen LogP contribution in [0.25, 0.3) is 6.08 Å². The Morgan fingerprint density at radius 3 is 2.32 bits per heavy atom. The van der Waals surface area contributed by atoms with Gasteiger partial charge >= 0.3 is 0 Å². The Morgan fingerprint density at radius 2 is 1.59 bits per heavy atom. The van der Waals surface area contributed by atoms with Crippen molar-refractivity contribution < 1.29 is 24.0 Å². The molecule has 2 N–H and O–H groups in total. The lowest BCUT2D eigenvalue weighted by Crippen LogP contribution is -2.53. The van der Waals surface area contributed by atoms with Crippen molar-refractivity contribution in [2.45, 2.75) is 83.0 Å². The van der Waals surface area contributed by atoms with Gasteiger partial charge in [-0.2, -0.15) is 0 Å². The molecule has 9 rings (SSSR count). The average molecular weight is 917 g/mol. The van der Waals surface area contributed by atoms with Crippen LogP contribution in [0.1, 0.15) is 106 Å². The normalized spacial score (nSPS) is 19.7. The minimum Gasteiger partial charge on any atom is -0.355 e. The molecule has 0 radical (unpaired) electrons. The molecule has 2 aromatic carbocycles. The Labute approximate surface area is 398 Å². The van der Waals surface area contributed by atoms with Crippen molar-refractivity contribution in [3.05, 3.63) is 124 Å². The number of amides is 5. The summed E-state index contributed by atoms with van der Waals surface area (Å²) in [4.78, 5) is 77.7. The molecule has 5 aliphatic rings. The Balaban J connectivity index is 0.648. The monoisotopic (exact) mass is 916 g/mol. The van der Waals surface area contributed by atoms with Crippen molar-refractivity contribution in [3.63, 3.8) is 0 Å². The minimum absolute atomic E-state index is 0.0412. The minimum atomic E-state index is -0.631. The third-order valence-electron chi connectivity index (χ3n) is 14.2. The average Bonchev–Trinajstić information content (AvgIpc) is 3.70. The number of piperidine rings is 3. The Hall–Kier alpha value is -6.76. The summed E-state index contributed by atoms with van der Waals surface area (Å²) in [6, 6.07) is 21.5. The first-order chi connectivity index (χ1) is 33.2. The molecule has 4 saturated heterocycles. The van der Waals surface area contributed by atoms with Crippen LogP contribution in [0.4, 0.5) is 5.82 Å². The molecule has 0 bridgehead atoms. The molecule has 1 atom stereocenters. The van der Waals surface area contributed by atoms with Gasteiger partial charge in [-0.05, 0) is 110 Å². The molecule has 0 aliphatic carbocycles. The number of carbonyl (C=O) groups excluding carboxylic acids is 5. The molecule has 15 nitrogen and oxygen atoms in total. The number of piperazine rings is 1. The van der Waals surface area contributed by atoms with Crippen molar-refractivity contribution >= 4 is 41.4 Å². The predicted octanol–water partition coefficient (Wildman–Crippen LogP) is 4.67. The van der Waals surface area contributed by atoms with E-state index in [-0.39, 0.29) is 30.0 Å². The van der Waals surface area contributed by atoms with Crippen molar-refractivity contribution in [2.75, 3.05) is 63.8 Å². The maximum absolute atomic E-state index is 13.3. The standard InChI is InChI=1S/C53H60N10O5/c64-49(18-13-41-5-3-24-54-35-41)55-25-2-1-4-38-20-26-62(27-21-38)53(68)46-15-17-48(58-57-46)61-28-22-44(23-29-61)60-32-30-59(31-33-60)36-42-10-7-39(8-11-42)6-9-40-12-14-43-37-63(52(67)45(43)34-40)47-16-19-50(65)56-51(47)66/h3,5,7-8,10-15,17-18,24,34-35,38,44,47H,1-2,4,16,19-23,25-33,36-37H2,(H,55,64)(H,56,65,66)/b18-13+. The van der Waals surface area contributed by atoms with E-state index in [0.717, 1.165) is 132 Å². The smallest absolute Gasteiger partial charge is 0.274 e. The van der Waals surface area contributed by atoms with Crippen molar-refractivity contribution in [3.8, 4) is 11.8 Å². The Bertz CT molecular complexity index is 2530. The number of benzene rings is 2. The van der Waals surface area contributed by atoms with Gasteiger partial charge in [0.1, 0.15) is 6.04 Å². The molecule has 5 amide bonds. The second kappa shape index (κ2) is 21.9. The summed E-state index contributed by atoms with van der Waals surface area (Å²) in [6.45, 7) is 9.33. The van der Waals surface area contributed by atoms with Crippen molar-refractivity contribution in [1.82, 2.24) is 45.4 Å². The summed E-state index contributed by atoms with van der Waals surface area (Å²) in [5, 5.41) is 14.2. The maximum atomic E-state index is 13.3. The zero-order valence-electron chi connectivity index (χ0n) is 38.7. The number of rotatable bonds is 13. The number of likely N-dealkylation sites (tertiary alicyclic amines) is 1. The molecule has 1 unspecified atom stereocenters. The number of pyridine rings is 1. The third kappa shape index (κ3) is 11.7. The molecule has 4 fully saturated rings. The highest BCUT2D eigenvalue weighted by Gasteiger charge is 2.39. The fourth-order valence-corrected chi connectivity index (χ4v) is 10.1. The number of hydrogen-bond acceptors (Lipinski definition) is 11. The van der Waals surface area contributed by atoms with E-state index in [1.807, 2.05) is 41.3 Å². The van der Waals surface area contributed by atoms with Crippen LogP contribution in [0.5, 0.6) is 0 Å². The lowest BCUT2D eigenvalue weighted by molar-refractivity contribution is -0.137. The highest BCUT2D eigenvalue weighted by Crippen LogP contribution is 2.29. The van der Waals surface area contributed by atoms with E-state index in [9.17, 15) is 24.0 Å². The van der Waals surface area contributed by atoms with Gasteiger partial charge in [-0.3, -0.25) is 44.1 Å². The van der Waals surface area contributed by atoms with Crippen LogP contribution < -0.4 is 15.5 Å². The molecule has 5 aliphatic heterocycles. The zero-order chi connectivity index (χ0) is 46.8. The molecular formula is C53H60N10O5. The van der Waals surface area contributed by atoms with Crippen LogP contribution in [0.2, 0.25) is 0 Å². The highest BCUT2D eigenvalue weighted by atomic mass is 16.2. The van der Waals surface area contributed by atoms with Gasteiger partial charge in [-0.1, -0.05) is 48.9 Å². The van der Waals surface area contributed by atoms with Crippen LogP contribution in [-0.4, -0.2) is 135 Å². The van der Waals surface area contributed by atoms with E-state index in [1.54, 1.807) is 35.5 Å². The number of unbranched alkanes of at least 4 members (excludes halogenated alkanes) is 1. The van der Waals surface area contributed by atoms with Crippen LogP contribution in [0.3, 0.4) is 0 Å². The molecule has 7 heterocycles. The summed E-state index contributed by atoms with van der Waals surface area (Å²) >= 11 is 0. The fraction of sp³-hybridized carbons (Fsp3) is 0.434. The summed E-state index contributed by atoms with van der Waals surface area (Å²) in [5.41, 5.74) is 5.63. The SMILES string of the molecule is O=C(/C=C/c1cccnc1)NCCCCC1CCN(C(=O)c2ccc(N3CCC(N4CCN(Cc5ccc(C#Cc6ccc7c(c6)C(=O)N(C6CCC(=O)NC6=O)C7)cc5)CC4)CC3)nn2)CC1. The van der Waals surface area contributed by atoms with Gasteiger partial charge in [-0.15, -0.1) is 10.2 Å². The Kier molecular flexibility index (Phi) is 14.9. The van der Waals surface area contributed by atoms with E-state index < -0.39 is 11.9 Å². The van der Waals surface area contributed by atoms with Crippen molar-refractivity contribution in [2.24, 2.45) is 5.92 Å². The van der Waals surface area contributed by atoms with E-state index in [1.165, 1.54) is 5.56 Å². The maximum Gasteiger partial charge on any atom is 0.274 e. The van der Waals surface area contributed by atoms with Crippen LogP contribution in [0.15, 0.2) is 85.2 Å². The predicted molar refractivity (Wildman–Crippen MR) is 258 cm³/mol. The van der Waals surface area contributed by atoms with E-state index in [2.05, 4.69) is 76.6 Å². The van der Waals surface area contributed by atoms with E-state index in [4.69, 9.17) is 0 Å². The van der Waals surface area contributed by atoms with Crippen LogP contribution in [0, 0.1) is 17.8 Å². The lowest BCUT2D eigenvalue weighted by Gasteiger charge is -2.43. The molecular weight excluding hydrogens is 857 g/mol. The molecule has 4 aromatic rings. The van der Waals surface area contributed by atoms with Gasteiger partial charge in [0.2, 0.25) is 17.7 Å². The first-order valence-corrected chi connectivity index (χ1v) is 24.3. The topological polar surface area (TPSA) is 164 Å². The van der Waals surface area contributed by atoms with Crippen LogP contribution >= 0.6 is 0 Å². The van der Waals surface area contributed by atoms with Gasteiger partial charge in [0.05, 0.1) is 0 Å². The largest absolute Gasteiger partial charge is 0.355 e. The molecule has 2 aromatic heterocycles. The lowest BCUT2D eigenvalue weighted by atomic mass is 9.91. The summed E-state index contributed by atoms with van der Waals surface area (Å²) < 4.78 is 0. The number of imide groups is 1. The van der Waals surface area contributed by atoms with Crippen molar-refractivity contribution in [1.29, 1.82) is 0 Å². The number of aromatic nitrogens is 3. The molecule has 352 valence electrons. The summed E-state index contributed by atoms with van der Waals surface area (Å²) in [6.07, 6.45) is 14.5. The summed E-state index contributed by atoms with van der Waals surface area (Å²) in [7, 11) is 0. The molecule has 0 saturated carbocycles. The summed E-state index contributed by atoms with van der Waals surface area (Å²) in [5.74, 6) is 6.84. The van der Waals surface area contributed by atoms with E-state index in [0.29, 0.717) is 42.7 Å². The number of anilines is 1. The number of nitrogens with one attached hydrogen (secondary N) is 2. The fourth-order valence-electron chi connectivity index (χ4n) is 10.1. The van der Waals surface area contributed by atoms with Gasteiger partial charge in [0.25, 0.3) is 11.8 Å². The number of carbonyl (C=O) groups is 5. The molecule has 15 heteroatoms. The first kappa shape index (κ1) is 46.4. The van der Waals surface area contributed by atoms with Gasteiger partial charge in [-0.25, -0.2) is 0 Å². The molecule has 68 heavy (non-hydrogen) atoms. The zero-order valence-corrected chi connectivity index (χ0v) is 38.7. The second-order valence-electron chi connectivity index (χ2n) is 18.7. The van der Waals surface area contributed by atoms with Gasteiger partial charge in [0.15, 0.2) is 11.5 Å². The van der Waals surface area contributed by atoms with Gasteiger partial charge < -0.3 is 20.0 Å². The van der Waals surface area contributed by atoms with Crippen LogP contribution in [-0.2, 0) is 27.5 Å². The second-order valence-corrected chi connectivity index (χ2v) is 18.7. The number of nitrogens with zero attached hydrogens (tertiary/aromatic N) is 8. The number of fused-ring (bicyclic) bond motifs is 1.